The highest BCUT2D eigenvalue weighted by Gasteiger charge is 2.14. The summed E-state index contributed by atoms with van der Waals surface area (Å²) in [4.78, 5) is 6.82. The molecule has 0 spiro atoms. The highest BCUT2D eigenvalue weighted by atomic mass is 35.7. The molecule has 0 amide bonds. The molecule has 0 radical (unpaired) electrons. The molecule has 0 saturated carbocycles. The SMILES string of the molecule is CN(C)c1cccc2ccc3cnc4c5ccccc5nn4c3c12.[O-][Cl+3]([O-])([O-])O. The number of halogens is 1. The summed E-state index contributed by atoms with van der Waals surface area (Å²) in [6, 6.07) is 18.8. The van der Waals surface area contributed by atoms with Crippen LogP contribution >= 0.6 is 0 Å². The van der Waals surface area contributed by atoms with E-state index < -0.39 is 10.2 Å². The van der Waals surface area contributed by atoms with Gasteiger partial charge in [-0.1, -0.05) is 36.4 Å². The lowest BCUT2D eigenvalue weighted by Crippen LogP contribution is -2.58. The van der Waals surface area contributed by atoms with E-state index >= 15 is 0 Å². The molecule has 8 nitrogen and oxygen atoms in total. The number of nitrogens with zero attached hydrogens (tertiary/aromatic N) is 4. The largest absolute Gasteiger partial charge is 0.377 e. The molecule has 2 aromatic heterocycles. The monoisotopic (exact) mass is 412 g/mol. The maximum atomic E-state index is 8.60. The van der Waals surface area contributed by atoms with E-state index in [1.807, 2.05) is 28.9 Å². The molecule has 3 aromatic carbocycles. The van der Waals surface area contributed by atoms with Crippen molar-refractivity contribution in [3.63, 3.8) is 0 Å². The molecule has 2 heterocycles. The van der Waals surface area contributed by atoms with Crippen LogP contribution in [0.2, 0.25) is 0 Å². The molecule has 0 aliphatic rings. The Hall–Kier alpha value is -3.01. The van der Waals surface area contributed by atoms with Crippen LogP contribution in [0.5, 0.6) is 0 Å². The van der Waals surface area contributed by atoms with Crippen molar-refractivity contribution in [3.05, 3.63) is 60.8 Å². The van der Waals surface area contributed by atoms with Gasteiger partial charge in [-0.15, -0.1) is 0 Å². The Labute approximate surface area is 167 Å². The summed E-state index contributed by atoms with van der Waals surface area (Å²) < 4.78 is 34.7. The van der Waals surface area contributed by atoms with Gasteiger partial charge in [0.2, 0.25) is 0 Å². The van der Waals surface area contributed by atoms with Gasteiger partial charge in [0.1, 0.15) is 0 Å². The standard InChI is InChI=1S/C20H16N4.ClHO4/c1-23(2)17-9-5-6-13-10-11-14-12-21-20-15-7-3-4-8-16(15)22-24(20)19(14)18(13)17;2-1(3,4)5/h3-12H,1-2H3;(H,2,3,4,5). The van der Waals surface area contributed by atoms with Crippen LogP contribution in [0.4, 0.5) is 5.69 Å². The molecule has 0 aliphatic carbocycles. The molecule has 0 bridgehead atoms. The lowest BCUT2D eigenvalue weighted by molar-refractivity contribution is -1.92. The number of anilines is 1. The van der Waals surface area contributed by atoms with Crippen LogP contribution < -0.4 is 18.9 Å². The summed E-state index contributed by atoms with van der Waals surface area (Å²) in [6.07, 6.45) is 1.95. The van der Waals surface area contributed by atoms with Crippen molar-refractivity contribution in [2.75, 3.05) is 19.0 Å². The van der Waals surface area contributed by atoms with Crippen LogP contribution in [0.25, 0.3) is 38.2 Å². The van der Waals surface area contributed by atoms with E-state index in [9.17, 15) is 0 Å². The molecule has 5 aromatic rings. The van der Waals surface area contributed by atoms with Crippen LogP contribution in [0.15, 0.2) is 60.8 Å². The fourth-order valence-corrected chi connectivity index (χ4v) is 3.49. The van der Waals surface area contributed by atoms with Gasteiger partial charge in [-0.05, 0) is 23.6 Å². The molecule has 0 aliphatic heterocycles. The summed E-state index contributed by atoms with van der Waals surface area (Å²) in [7, 11) is -0.544. The zero-order valence-corrected chi connectivity index (χ0v) is 16.4. The first-order valence-corrected chi connectivity index (χ1v) is 9.89. The summed E-state index contributed by atoms with van der Waals surface area (Å²) in [5.41, 5.74) is 4.17. The van der Waals surface area contributed by atoms with Gasteiger partial charge in [-0.2, -0.15) is 19.1 Å². The van der Waals surface area contributed by atoms with Crippen LogP contribution in [-0.2, 0) is 0 Å². The van der Waals surface area contributed by atoms with Gasteiger partial charge in [-0.3, -0.25) is 0 Å². The van der Waals surface area contributed by atoms with Crippen LogP contribution in [-0.4, -0.2) is 33.4 Å². The average molecular weight is 413 g/mol. The van der Waals surface area contributed by atoms with Gasteiger partial charge < -0.3 is 4.90 Å². The van der Waals surface area contributed by atoms with Gasteiger partial charge in [0.05, 0.1) is 25.9 Å². The molecular formula is C20H17ClN4O4. The van der Waals surface area contributed by atoms with Gasteiger partial charge in [-0.25, -0.2) is 9.50 Å². The molecule has 9 heteroatoms. The minimum atomic E-state index is -4.69. The van der Waals surface area contributed by atoms with E-state index in [0.717, 1.165) is 27.5 Å². The van der Waals surface area contributed by atoms with Crippen molar-refractivity contribution in [1.82, 2.24) is 14.6 Å². The van der Waals surface area contributed by atoms with Crippen LogP contribution in [0.1, 0.15) is 0 Å². The number of rotatable bonds is 1. The molecule has 5 rings (SSSR count). The Bertz CT molecular complexity index is 1340. The molecule has 0 unspecified atom stereocenters. The molecule has 29 heavy (non-hydrogen) atoms. The van der Waals surface area contributed by atoms with Crippen LogP contribution in [0.3, 0.4) is 0 Å². The molecule has 0 saturated heterocycles. The summed E-state index contributed by atoms with van der Waals surface area (Å²) in [6.45, 7) is 0. The van der Waals surface area contributed by atoms with E-state index in [4.69, 9.17) is 23.7 Å². The number of benzene rings is 3. The minimum Gasteiger partial charge on any atom is -0.377 e. The zero-order chi connectivity index (χ0) is 20.8. The lowest BCUT2D eigenvalue weighted by atomic mass is 10.0. The van der Waals surface area contributed by atoms with E-state index in [2.05, 4.69) is 60.4 Å². The Morgan fingerprint density at radius 1 is 0.931 bits per heavy atom. The van der Waals surface area contributed by atoms with Gasteiger partial charge in [0, 0.05) is 42.1 Å². The van der Waals surface area contributed by atoms with E-state index in [0.29, 0.717) is 0 Å². The summed E-state index contributed by atoms with van der Waals surface area (Å²) >= 11 is 0. The van der Waals surface area contributed by atoms with Crippen molar-refractivity contribution < 1.29 is 28.9 Å². The van der Waals surface area contributed by atoms with E-state index in [1.54, 1.807) is 0 Å². The number of fused-ring (bicyclic) bond motifs is 7. The second-order valence-electron chi connectivity index (χ2n) is 6.68. The highest BCUT2D eigenvalue weighted by molar-refractivity contribution is 6.13. The Morgan fingerprint density at radius 3 is 2.34 bits per heavy atom. The normalized spacial score (nSPS) is 11.8. The maximum absolute atomic E-state index is 8.60. The average Bonchev–Trinajstić information content (AvgIpc) is 3.04. The first kappa shape index (κ1) is 19.3. The molecule has 0 atom stereocenters. The Kier molecular flexibility index (Phi) is 4.73. The Morgan fingerprint density at radius 2 is 1.62 bits per heavy atom. The quantitative estimate of drug-likeness (QED) is 0.388. The summed E-state index contributed by atoms with van der Waals surface area (Å²) in [5, 5.41) is 9.42. The predicted molar refractivity (Wildman–Crippen MR) is 102 cm³/mol. The van der Waals surface area contributed by atoms with Gasteiger partial charge in [0.25, 0.3) is 0 Å². The molecule has 148 valence electrons. The molecular weight excluding hydrogens is 396 g/mol. The van der Waals surface area contributed by atoms with E-state index in [-0.39, 0.29) is 0 Å². The third-order valence-electron chi connectivity index (χ3n) is 4.60. The van der Waals surface area contributed by atoms with Crippen molar-refractivity contribution in [2.24, 2.45) is 0 Å². The highest BCUT2D eigenvalue weighted by Crippen LogP contribution is 2.33. The van der Waals surface area contributed by atoms with Crippen molar-refractivity contribution in [3.8, 4) is 0 Å². The summed E-state index contributed by atoms with van der Waals surface area (Å²) in [5.74, 6) is 0. The number of hydrogen-bond donors (Lipinski definition) is 1. The van der Waals surface area contributed by atoms with Gasteiger partial charge >= 0.3 is 0 Å². The van der Waals surface area contributed by atoms with Crippen molar-refractivity contribution in [1.29, 1.82) is 0 Å². The lowest BCUT2D eigenvalue weighted by Gasteiger charge is -2.17. The topological polar surface area (TPSA) is 123 Å². The second-order valence-corrected chi connectivity index (χ2v) is 7.47. The van der Waals surface area contributed by atoms with Crippen LogP contribution in [0, 0.1) is 10.2 Å². The fourth-order valence-electron chi connectivity index (χ4n) is 3.49. The Balaban J connectivity index is 0.000000369. The zero-order valence-electron chi connectivity index (χ0n) is 15.6. The number of aromatic nitrogens is 3. The smallest absolute Gasteiger partial charge is 0.163 e. The second kappa shape index (κ2) is 7.11. The fraction of sp³-hybridized carbons (Fsp3) is 0.100. The van der Waals surface area contributed by atoms with E-state index in [1.165, 1.54) is 16.5 Å². The maximum Gasteiger partial charge on any atom is 0.163 e. The minimum absolute atomic E-state index is 0.902. The third kappa shape index (κ3) is 3.67. The number of hydrogen-bond acceptors (Lipinski definition) is 7. The first-order valence-electron chi connectivity index (χ1n) is 8.62. The molecule has 0 fully saturated rings. The first-order chi connectivity index (χ1) is 13.7. The third-order valence-corrected chi connectivity index (χ3v) is 4.60. The predicted octanol–water partition coefficient (Wildman–Crippen LogP) is 0.131. The van der Waals surface area contributed by atoms with Crippen molar-refractivity contribution in [2.45, 2.75) is 0 Å². The van der Waals surface area contributed by atoms with Crippen molar-refractivity contribution >= 4 is 43.9 Å². The molecule has 1 N–H and O–H groups in total. The van der Waals surface area contributed by atoms with Gasteiger partial charge in [0.15, 0.2) is 5.65 Å².